The number of carbonyl (C=O) groups excluding carboxylic acids is 1. The molecule has 2 N–H and O–H groups in total. The Morgan fingerprint density at radius 2 is 1.87 bits per heavy atom. The van der Waals surface area contributed by atoms with Gasteiger partial charge in [0.1, 0.15) is 12.4 Å². The number of hydrogen-bond acceptors (Lipinski definition) is 4. The van der Waals surface area contributed by atoms with E-state index in [-0.39, 0.29) is 25.1 Å². The van der Waals surface area contributed by atoms with E-state index in [1.54, 1.807) is 49.4 Å². The van der Waals surface area contributed by atoms with Crippen LogP contribution in [0.4, 0.5) is 5.69 Å². The van der Waals surface area contributed by atoms with Gasteiger partial charge in [0, 0.05) is 45.6 Å². The third-order valence-electron chi connectivity index (χ3n) is 4.69. The molecule has 0 aliphatic carbocycles. The average molecular weight is 446 g/mol. The molecule has 30 heavy (non-hydrogen) atoms. The molecule has 0 aliphatic rings. The predicted molar refractivity (Wildman–Crippen MR) is 119 cm³/mol. The highest BCUT2D eigenvalue weighted by Gasteiger charge is 2.18. The number of aromatic nitrogens is 2. The van der Waals surface area contributed by atoms with E-state index in [0.29, 0.717) is 38.4 Å². The molecule has 0 atom stereocenters. The number of nitrogens with zero attached hydrogens (tertiary/aromatic N) is 2. The third-order valence-corrected chi connectivity index (χ3v) is 5.16. The largest absolute Gasteiger partial charge is 0.396 e. The first-order valence-corrected chi connectivity index (χ1v) is 10.1. The molecule has 2 aromatic carbocycles. The van der Waals surface area contributed by atoms with Crippen LogP contribution in [0.15, 0.2) is 47.3 Å². The quantitative estimate of drug-likeness (QED) is 0.600. The molecular formula is C22H21Cl2N3O3. The molecule has 0 saturated carbocycles. The Kier molecular flexibility index (Phi) is 6.92. The lowest BCUT2D eigenvalue weighted by Crippen LogP contribution is -2.33. The highest BCUT2D eigenvalue weighted by Crippen LogP contribution is 2.23. The van der Waals surface area contributed by atoms with Gasteiger partial charge in [0.05, 0.1) is 0 Å². The van der Waals surface area contributed by atoms with Gasteiger partial charge in [0.15, 0.2) is 0 Å². The highest BCUT2D eigenvalue weighted by atomic mass is 35.5. The first-order valence-electron chi connectivity index (χ1n) is 9.33. The Labute approximate surface area is 184 Å². The van der Waals surface area contributed by atoms with Crippen LogP contribution in [0.3, 0.4) is 0 Å². The minimum absolute atomic E-state index is 0.155. The summed E-state index contributed by atoms with van der Waals surface area (Å²) in [6, 6.07) is 12.1. The number of aliphatic hydroxyl groups excluding tert-OH is 1. The summed E-state index contributed by atoms with van der Waals surface area (Å²) in [6.45, 7) is 3.11. The molecule has 8 heteroatoms. The van der Waals surface area contributed by atoms with Gasteiger partial charge in [-0.15, -0.1) is 0 Å². The van der Waals surface area contributed by atoms with E-state index in [1.165, 1.54) is 4.57 Å². The monoisotopic (exact) mass is 445 g/mol. The van der Waals surface area contributed by atoms with Gasteiger partial charge in [-0.2, -0.15) is 0 Å². The molecule has 0 aliphatic heterocycles. The van der Waals surface area contributed by atoms with Gasteiger partial charge in [-0.05, 0) is 43.7 Å². The lowest BCUT2D eigenvalue weighted by molar-refractivity contribution is -0.116. The molecule has 0 unspecified atom stereocenters. The van der Waals surface area contributed by atoms with Crippen LogP contribution in [0, 0.1) is 13.8 Å². The molecule has 0 radical (unpaired) electrons. The summed E-state index contributed by atoms with van der Waals surface area (Å²) in [5.74, 6) is -0.0639. The Hall–Kier alpha value is -2.67. The van der Waals surface area contributed by atoms with Crippen molar-refractivity contribution in [2.24, 2.45) is 0 Å². The van der Waals surface area contributed by atoms with Gasteiger partial charge in [-0.3, -0.25) is 14.2 Å². The van der Waals surface area contributed by atoms with Crippen molar-refractivity contribution in [1.82, 2.24) is 9.55 Å². The Bertz CT molecular complexity index is 1160. The number of hydrogen-bond donors (Lipinski definition) is 2. The molecule has 156 valence electrons. The minimum Gasteiger partial charge on any atom is -0.396 e. The number of halogens is 2. The fourth-order valence-electron chi connectivity index (χ4n) is 3.16. The van der Waals surface area contributed by atoms with Crippen LogP contribution in [-0.2, 0) is 17.8 Å². The van der Waals surface area contributed by atoms with Crippen molar-refractivity contribution in [2.45, 2.75) is 26.8 Å². The van der Waals surface area contributed by atoms with Gasteiger partial charge in [-0.25, -0.2) is 4.98 Å². The molecule has 0 bridgehead atoms. The molecule has 0 fully saturated rings. The fourth-order valence-corrected chi connectivity index (χ4v) is 3.52. The molecule has 1 heterocycles. The maximum Gasteiger partial charge on any atom is 0.257 e. The molecule has 1 aromatic heterocycles. The summed E-state index contributed by atoms with van der Waals surface area (Å²) in [4.78, 5) is 30.5. The van der Waals surface area contributed by atoms with Crippen molar-refractivity contribution < 1.29 is 9.90 Å². The van der Waals surface area contributed by atoms with Crippen LogP contribution in [0.1, 0.15) is 16.8 Å². The summed E-state index contributed by atoms with van der Waals surface area (Å²) < 4.78 is 1.30. The number of nitrogens with one attached hydrogen (secondary N) is 1. The summed E-state index contributed by atoms with van der Waals surface area (Å²) in [5.41, 5.74) is 2.54. The molecule has 0 spiro atoms. The van der Waals surface area contributed by atoms with E-state index in [1.807, 2.05) is 6.92 Å². The second kappa shape index (κ2) is 9.43. The van der Waals surface area contributed by atoms with Gasteiger partial charge in [0.2, 0.25) is 5.91 Å². The van der Waals surface area contributed by atoms with Gasteiger partial charge >= 0.3 is 0 Å². The van der Waals surface area contributed by atoms with Crippen molar-refractivity contribution >= 4 is 34.8 Å². The molecule has 0 saturated heterocycles. The zero-order valence-corrected chi connectivity index (χ0v) is 18.1. The number of rotatable bonds is 6. The van der Waals surface area contributed by atoms with Gasteiger partial charge in [0.25, 0.3) is 5.56 Å². The van der Waals surface area contributed by atoms with E-state index in [2.05, 4.69) is 10.3 Å². The second-order valence-electron chi connectivity index (χ2n) is 6.88. The van der Waals surface area contributed by atoms with Crippen molar-refractivity contribution in [2.75, 3.05) is 11.9 Å². The number of aryl methyl sites for hydroxylation is 2. The van der Waals surface area contributed by atoms with Crippen molar-refractivity contribution in [3.8, 4) is 11.4 Å². The molecule has 3 rings (SSSR count). The van der Waals surface area contributed by atoms with E-state index in [4.69, 9.17) is 23.2 Å². The van der Waals surface area contributed by atoms with Crippen molar-refractivity contribution in [3.63, 3.8) is 0 Å². The summed E-state index contributed by atoms with van der Waals surface area (Å²) in [5, 5.41) is 13.1. The second-order valence-corrected chi connectivity index (χ2v) is 7.75. The number of aliphatic hydroxyl groups is 1. The Morgan fingerprint density at radius 1 is 1.13 bits per heavy atom. The predicted octanol–water partition coefficient (Wildman–Crippen LogP) is 4.01. The molecular weight excluding hydrogens is 425 g/mol. The fraction of sp³-hybridized carbons (Fsp3) is 0.227. The van der Waals surface area contributed by atoms with E-state index in [0.717, 1.165) is 5.56 Å². The molecule has 1 amide bonds. The number of carbonyl (C=O) groups is 1. The first-order chi connectivity index (χ1) is 14.3. The van der Waals surface area contributed by atoms with E-state index >= 15 is 0 Å². The number of amides is 1. The number of benzene rings is 2. The molecule has 6 nitrogen and oxygen atoms in total. The van der Waals surface area contributed by atoms with Crippen molar-refractivity contribution in [3.05, 3.63) is 79.7 Å². The van der Waals surface area contributed by atoms with Crippen LogP contribution in [0.5, 0.6) is 0 Å². The normalized spacial score (nSPS) is 10.8. The van der Waals surface area contributed by atoms with Crippen LogP contribution in [0.25, 0.3) is 11.4 Å². The highest BCUT2D eigenvalue weighted by molar-refractivity contribution is 6.31. The maximum absolute atomic E-state index is 13.1. The Morgan fingerprint density at radius 3 is 2.57 bits per heavy atom. The van der Waals surface area contributed by atoms with Crippen molar-refractivity contribution in [1.29, 1.82) is 0 Å². The zero-order chi connectivity index (χ0) is 21.8. The van der Waals surface area contributed by atoms with Gasteiger partial charge < -0.3 is 10.4 Å². The maximum atomic E-state index is 13.1. The van der Waals surface area contributed by atoms with Crippen LogP contribution < -0.4 is 10.9 Å². The Balaban J connectivity index is 2.05. The average Bonchev–Trinajstić information content (AvgIpc) is 2.70. The first kappa shape index (κ1) is 22.0. The lowest BCUT2D eigenvalue weighted by atomic mass is 10.1. The van der Waals surface area contributed by atoms with E-state index < -0.39 is 5.91 Å². The SMILES string of the molecule is Cc1ccc(Cl)cc1NC(=O)Cn1c(-c2cccc(Cl)c2)nc(C)c(CCO)c1=O. The zero-order valence-electron chi connectivity index (χ0n) is 16.6. The topological polar surface area (TPSA) is 84.2 Å². The van der Waals surface area contributed by atoms with Gasteiger partial charge in [-0.1, -0.05) is 41.4 Å². The lowest BCUT2D eigenvalue weighted by Gasteiger charge is -2.16. The van der Waals surface area contributed by atoms with Crippen LogP contribution in [-0.4, -0.2) is 27.2 Å². The summed E-state index contributed by atoms with van der Waals surface area (Å²) >= 11 is 12.1. The molecule has 3 aromatic rings. The minimum atomic E-state index is -0.397. The smallest absolute Gasteiger partial charge is 0.257 e. The van der Waals surface area contributed by atoms with E-state index in [9.17, 15) is 14.7 Å². The standard InChI is InChI=1S/C22H21Cl2N3O3/c1-13-6-7-17(24)11-19(13)26-20(29)12-27-21(15-4-3-5-16(23)10-15)25-14(2)18(8-9-28)22(27)30/h3-7,10-11,28H,8-9,12H2,1-2H3,(H,26,29). The number of anilines is 1. The summed E-state index contributed by atoms with van der Waals surface area (Å²) in [6.07, 6.45) is 0.155. The van der Waals surface area contributed by atoms with Crippen LogP contribution >= 0.6 is 23.2 Å². The summed E-state index contributed by atoms with van der Waals surface area (Å²) in [7, 11) is 0. The third kappa shape index (κ3) is 4.90. The van der Waals surface area contributed by atoms with Crippen LogP contribution in [0.2, 0.25) is 10.0 Å².